The number of nitrogens with two attached hydrogens (primary N) is 1. The number of hydrogen-bond donors (Lipinski definition) is 3. The number of aliphatic imine (C=N–C) groups is 1. The largest absolute Gasteiger partial charge is 0.463 e. The van der Waals surface area contributed by atoms with Gasteiger partial charge in [-0.2, -0.15) is 4.98 Å². The molecule has 4 atom stereocenters. The minimum Gasteiger partial charge on any atom is -0.463 e. The van der Waals surface area contributed by atoms with Crippen LogP contribution in [0.5, 0.6) is 0 Å². The molecule has 4 unspecified atom stereocenters. The van der Waals surface area contributed by atoms with Crippen LogP contribution < -0.4 is 16.6 Å². The van der Waals surface area contributed by atoms with Crippen molar-refractivity contribution in [3.8, 4) is 0 Å². The summed E-state index contributed by atoms with van der Waals surface area (Å²) in [5, 5.41) is 15.6. The van der Waals surface area contributed by atoms with E-state index in [4.69, 9.17) is 19.9 Å². The van der Waals surface area contributed by atoms with Crippen molar-refractivity contribution in [3.05, 3.63) is 22.6 Å². The number of aliphatic hydroxyl groups is 1. The van der Waals surface area contributed by atoms with Crippen LogP contribution in [0.3, 0.4) is 0 Å². The molecule has 212 valence electrons. The molecule has 0 spiro atoms. The minimum absolute atomic E-state index is 0.182. The summed E-state index contributed by atoms with van der Waals surface area (Å²) in [5.74, 6) is -0.233. The molecule has 0 amide bonds. The van der Waals surface area contributed by atoms with Gasteiger partial charge in [0.2, 0.25) is 0 Å². The molecule has 0 saturated carbocycles. The van der Waals surface area contributed by atoms with Gasteiger partial charge in [-0.05, 0) is 19.8 Å². The molecule has 4 rings (SSSR count). The van der Waals surface area contributed by atoms with E-state index in [1.807, 2.05) is 13.8 Å². The summed E-state index contributed by atoms with van der Waals surface area (Å²) in [5.41, 5.74) is 4.11. The van der Waals surface area contributed by atoms with E-state index in [2.05, 4.69) is 15.3 Å². The van der Waals surface area contributed by atoms with Gasteiger partial charge in [-0.15, -0.1) is 0 Å². The van der Waals surface area contributed by atoms with Crippen LogP contribution in [-0.2, 0) is 23.8 Å². The first kappa shape index (κ1) is 28.5. The van der Waals surface area contributed by atoms with Gasteiger partial charge in [0.1, 0.15) is 29.9 Å². The Labute approximate surface area is 226 Å². The van der Waals surface area contributed by atoms with Crippen LogP contribution in [0.2, 0.25) is 0 Å². The predicted octanol–water partition coefficient (Wildman–Crippen LogP) is 3.33. The molecule has 4 heterocycles. The Balaban J connectivity index is 1.66. The molecule has 1 saturated heterocycles. The van der Waals surface area contributed by atoms with Crippen molar-refractivity contribution in [2.24, 2.45) is 4.99 Å². The number of rotatable bonds is 12. The molecule has 0 radical (unpaired) electrons. The molecule has 0 aliphatic carbocycles. The van der Waals surface area contributed by atoms with Crippen LogP contribution in [0.15, 0.2) is 22.1 Å². The first-order chi connectivity index (χ1) is 18.7. The quantitative estimate of drug-likeness (QED) is 0.267. The van der Waals surface area contributed by atoms with Gasteiger partial charge in [-0.1, -0.05) is 39.5 Å². The third kappa shape index (κ3) is 6.06. The molecule has 12 heteroatoms. The molecule has 39 heavy (non-hydrogen) atoms. The zero-order chi connectivity index (χ0) is 28.2. The van der Waals surface area contributed by atoms with Gasteiger partial charge >= 0.3 is 11.9 Å². The highest BCUT2D eigenvalue weighted by Crippen LogP contribution is 2.46. The average Bonchev–Trinajstić information content (AvgIpc) is 3.34. The summed E-state index contributed by atoms with van der Waals surface area (Å²) in [6.07, 6.45) is 5.40. The number of hydrogen-bond acceptors (Lipinski definition) is 11. The summed E-state index contributed by atoms with van der Waals surface area (Å²) >= 11 is 0. The van der Waals surface area contributed by atoms with E-state index in [-0.39, 0.29) is 36.9 Å². The summed E-state index contributed by atoms with van der Waals surface area (Å²) in [7, 11) is 0. The Hall–Kier alpha value is -3.51. The van der Waals surface area contributed by atoms with Crippen molar-refractivity contribution in [1.29, 1.82) is 0 Å². The van der Waals surface area contributed by atoms with Gasteiger partial charge in [0.15, 0.2) is 12.3 Å². The van der Waals surface area contributed by atoms with Crippen LogP contribution in [0.25, 0.3) is 10.8 Å². The van der Waals surface area contributed by atoms with Crippen molar-refractivity contribution in [2.75, 3.05) is 17.7 Å². The van der Waals surface area contributed by atoms with Gasteiger partial charge in [0.05, 0.1) is 11.7 Å². The second-order valence-electron chi connectivity index (χ2n) is 10.2. The fourth-order valence-corrected chi connectivity index (χ4v) is 4.99. The number of nitrogens with one attached hydrogen (secondary N) is 1. The number of aromatic nitrogens is 2. The van der Waals surface area contributed by atoms with Gasteiger partial charge in [0.25, 0.3) is 5.56 Å². The standard InChI is InChI=1S/C27H37N5O7/c1-4-6-8-10-20(34)37-14-18-23(39-21(35)11-9-7-5-2)27(3,36)26(38-18)32-13-16-17(28)12-19(33)31-24-22(16)25(32)30-15-29-24/h12-13,15,18,23,26,36H,4-11,14,28H2,1-3H3,(H,29,30,31,33). The molecule has 0 bridgehead atoms. The Kier molecular flexibility index (Phi) is 8.86. The lowest BCUT2D eigenvalue weighted by Crippen LogP contribution is -2.47. The summed E-state index contributed by atoms with van der Waals surface area (Å²) in [6.45, 7) is 5.39. The highest BCUT2D eigenvalue weighted by atomic mass is 16.6. The molecule has 2 aromatic rings. The van der Waals surface area contributed by atoms with Gasteiger partial charge in [-0.25, -0.2) is 4.99 Å². The molecule has 2 aliphatic rings. The number of anilines is 2. The maximum absolute atomic E-state index is 12.7. The third-order valence-corrected chi connectivity index (χ3v) is 7.05. The number of carbonyl (C=O) groups excluding carboxylic acids is 2. The maximum Gasteiger partial charge on any atom is 0.306 e. The summed E-state index contributed by atoms with van der Waals surface area (Å²) in [6, 6.07) is 1.21. The van der Waals surface area contributed by atoms with E-state index in [9.17, 15) is 19.5 Å². The van der Waals surface area contributed by atoms with Crippen molar-refractivity contribution in [2.45, 2.75) is 96.2 Å². The molecular formula is C27H37N5O7. The van der Waals surface area contributed by atoms with Crippen LogP contribution in [-0.4, -0.2) is 57.4 Å². The number of ether oxygens (including phenoxy) is 3. The number of unbranched alkanes of at least 4 members (excludes halogenated alkanes) is 4. The smallest absolute Gasteiger partial charge is 0.306 e. The van der Waals surface area contributed by atoms with Gasteiger partial charge < -0.3 is 34.9 Å². The van der Waals surface area contributed by atoms with Crippen LogP contribution in [0.4, 0.5) is 17.3 Å². The van der Waals surface area contributed by atoms with Gasteiger partial charge in [-0.3, -0.25) is 14.4 Å². The van der Waals surface area contributed by atoms with Crippen molar-refractivity contribution < 1.29 is 28.9 Å². The highest BCUT2D eigenvalue weighted by Gasteiger charge is 2.57. The van der Waals surface area contributed by atoms with E-state index < -0.39 is 35.6 Å². The van der Waals surface area contributed by atoms with Crippen molar-refractivity contribution in [3.63, 3.8) is 0 Å². The number of nitrogens with zero attached hydrogens (tertiary/aromatic N) is 3. The average molecular weight is 544 g/mol. The molecule has 2 aliphatic heterocycles. The predicted molar refractivity (Wildman–Crippen MR) is 146 cm³/mol. The molecule has 2 aromatic heterocycles. The lowest BCUT2D eigenvalue weighted by Gasteiger charge is -2.30. The Morgan fingerprint density at radius 2 is 1.87 bits per heavy atom. The zero-order valence-electron chi connectivity index (χ0n) is 22.6. The summed E-state index contributed by atoms with van der Waals surface area (Å²) in [4.78, 5) is 45.6. The van der Waals surface area contributed by atoms with Crippen LogP contribution >= 0.6 is 0 Å². The van der Waals surface area contributed by atoms with E-state index in [1.54, 1.807) is 10.8 Å². The Bertz CT molecular complexity index is 1310. The van der Waals surface area contributed by atoms with Crippen molar-refractivity contribution >= 4 is 46.4 Å². The zero-order valence-corrected chi connectivity index (χ0v) is 22.6. The van der Waals surface area contributed by atoms with Crippen LogP contribution in [0, 0.1) is 0 Å². The monoisotopic (exact) mass is 543 g/mol. The minimum atomic E-state index is -1.74. The molecular weight excluding hydrogens is 506 g/mol. The third-order valence-electron chi connectivity index (χ3n) is 7.05. The lowest BCUT2D eigenvalue weighted by molar-refractivity contribution is -0.165. The normalized spacial score (nSPS) is 23.5. The van der Waals surface area contributed by atoms with Crippen molar-refractivity contribution in [1.82, 2.24) is 9.55 Å². The SMILES string of the molecule is CCCCCC(=O)OCC1OC(n2cc3c(N)cc(=O)nc4c3c2N=CN4)C(C)(O)C1OC(=O)CCCCC. The highest BCUT2D eigenvalue weighted by molar-refractivity contribution is 6.10. The van der Waals surface area contributed by atoms with E-state index in [0.29, 0.717) is 29.4 Å². The number of nitrogen functional groups attached to an aromatic ring is 1. The first-order valence-corrected chi connectivity index (χ1v) is 13.5. The number of esters is 2. The second kappa shape index (κ2) is 12.1. The Morgan fingerprint density at radius 1 is 1.18 bits per heavy atom. The summed E-state index contributed by atoms with van der Waals surface area (Å²) < 4.78 is 19.1. The van der Waals surface area contributed by atoms with E-state index in [1.165, 1.54) is 19.3 Å². The second-order valence-corrected chi connectivity index (χ2v) is 10.2. The van der Waals surface area contributed by atoms with E-state index in [0.717, 1.165) is 25.7 Å². The molecule has 4 N–H and O–H groups in total. The van der Waals surface area contributed by atoms with Gasteiger partial charge in [0, 0.05) is 36.2 Å². The first-order valence-electron chi connectivity index (χ1n) is 13.5. The topological polar surface area (TPSA) is 167 Å². The molecule has 1 fully saturated rings. The maximum atomic E-state index is 12.7. The van der Waals surface area contributed by atoms with Crippen LogP contribution in [0.1, 0.15) is 78.4 Å². The Morgan fingerprint density at radius 3 is 2.56 bits per heavy atom. The lowest BCUT2D eigenvalue weighted by atomic mass is 9.96. The van der Waals surface area contributed by atoms with E-state index >= 15 is 0 Å². The number of carbonyl (C=O) groups is 2. The fourth-order valence-electron chi connectivity index (χ4n) is 4.99. The molecule has 12 nitrogen and oxygen atoms in total. The fraction of sp³-hybridized carbons (Fsp3) is 0.593. The molecule has 0 aromatic carbocycles.